The van der Waals surface area contributed by atoms with Gasteiger partial charge >= 0.3 is 5.97 Å². The molecule has 1 N–H and O–H groups in total. The van der Waals surface area contributed by atoms with Crippen LogP contribution in [0, 0.1) is 5.92 Å². The highest BCUT2D eigenvalue weighted by Crippen LogP contribution is 2.33. The molecule has 0 aromatic carbocycles. The molecule has 0 aromatic heterocycles. The van der Waals surface area contributed by atoms with E-state index < -0.39 is 5.79 Å². The Kier molecular flexibility index (Phi) is 26.8. The molecule has 0 fully saturated rings. The summed E-state index contributed by atoms with van der Waals surface area (Å²) in [7, 11) is 3.50. The molecular formula is C27H56O5SSi. The molecule has 0 aliphatic heterocycles. The van der Waals surface area contributed by atoms with Gasteiger partial charge in [0.05, 0.1) is 0 Å². The molecule has 0 spiro atoms. The highest BCUT2D eigenvalue weighted by molar-refractivity contribution is 7.79. The Labute approximate surface area is 219 Å². The number of carbonyl (C=O) groups excluding carboxylic acids is 1. The predicted molar refractivity (Wildman–Crippen MR) is 152 cm³/mol. The van der Waals surface area contributed by atoms with Crippen molar-refractivity contribution in [2.75, 3.05) is 14.2 Å². The third-order valence-electron chi connectivity index (χ3n) is 6.43. The summed E-state index contributed by atoms with van der Waals surface area (Å²) in [6.07, 6.45) is 22.9. The lowest BCUT2D eigenvalue weighted by Crippen LogP contribution is -2.50. The number of hydrogen-bond donors (Lipinski definition) is 1. The van der Waals surface area contributed by atoms with Gasteiger partial charge in [0.15, 0.2) is 5.05 Å². The van der Waals surface area contributed by atoms with Crippen LogP contribution in [-0.4, -0.2) is 46.6 Å². The lowest BCUT2D eigenvalue weighted by atomic mass is 9.87. The van der Waals surface area contributed by atoms with Crippen LogP contribution in [0.2, 0.25) is 0 Å². The molecular weight excluding hydrogens is 464 g/mol. The molecule has 0 aliphatic rings. The number of aliphatic hydroxyl groups is 1. The number of carbonyl (C=O) groups is 1. The average Bonchev–Trinajstić information content (AvgIpc) is 2.82. The van der Waals surface area contributed by atoms with Gasteiger partial charge in [0.2, 0.25) is 10.5 Å². The van der Waals surface area contributed by atoms with Crippen molar-refractivity contribution in [1.82, 2.24) is 0 Å². The van der Waals surface area contributed by atoms with E-state index in [0.717, 1.165) is 25.7 Å². The van der Waals surface area contributed by atoms with E-state index in [1.165, 1.54) is 96.8 Å². The van der Waals surface area contributed by atoms with Gasteiger partial charge in [-0.25, -0.2) is 4.79 Å². The minimum Gasteiger partial charge on any atom is -0.525 e. The van der Waals surface area contributed by atoms with Gasteiger partial charge in [-0.15, -0.1) is 0 Å². The largest absolute Gasteiger partial charge is 0.525 e. The van der Waals surface area contributed by atoms with E-state index in [1.54, 1.807) is 14.2 Å². The van der Waals surface area contributed by atoms with Crippen molar-refractivity contribution in [1.29, 1.82) is 0 Å². The summed E-state index contributed by atoms with van der Waals surface area (Å²) < 4.78 is 16.4. The topological polar surface area (TPSA) is 65.0 Å². The van der Waals surface area contributed by atoms with Crippen molar-refractivity contribution in [3.8, 4) is 0 Å². The normalized spacial score (nSPS) is 12.1. The highest BCUT2D eigenvalue weighted by atomic mass is 32.1. The predicted octanol–water partition coefficient (Wildman–Crippen LogP) is 7.37. The molecule has 34 heavy (non-hydrogen) atoms. The number of aliphatic hydroxyl groups excluding tert-OH is 1. The summed E-state index contributed by atoms with van der Waals surface area (Å²) in [5.41, 5.74) is 0. The van der Waals surface area contributed by atoms with Crippen LogP contribution in [0.15, 0.2) is 0 Å². The summed E-state index contributed by atoms with van der Waals surface area (Å²) in [6.45, 7) is 5.93. The second-order valence-corrected chi connectivity index (χ2v) is 10.3. The summed E-state index contributed by atoms with van der Waals surface area (Å²) in [4.78, 5) is 12.5. The SMILES string of the molecule is CC(O)=S.CCCCCCCCCCCCCCCC(CCCCC)C(OC)(OC)C(=O)O[SiH3]. The Morgan fingerprint density at radius 3 is 1.38 bits per heavy atom. The smallest absolute Gasteiger partial charge is 0.353 e. The fourth-order valence-electron chi connectivity index (χ4n) is 4.47. The fraction of sp³-hybridized carbons (Fsp3) is 0.926. The molecule has 7 heteroatoms. The van der Waals surface area contributed by atoms with E-state index in [4.69, 9.17) is 19.0 Å². The van der Waals surface area contributed by atoms with Gasteiger partial charge < -0.3 is 19.0 Å². The van der Waals surface area contributed by atoms with E-state index in [0.29, 0.717) is 10.5 Å². The molecule has 0 amide bonds. The van der Waals surface area contributed by atoms with Crippen LogP contribution in [0.4, 0.5) is 0 Å². The van der Waals surface area contributed by atoms with E-state index in [-0.39, 0.29) is 16.9 Å². The van der Waals surface area contributed by atoms with Crippen molar-refractivity contribution >= 4 is 33.7 Å². The van der Waals surface area contributed by atoms with Crippen LogP contribution >= 0.6 is 12.2 Å². The van der Waals surface area contributed by atoms with Crippen LogP contribution in [0.1, 0.15) is 136 Å². The first-order valence-electron chi connectivity index (χ1n) is 13.7. The number of unbranched alkanes of at least 4 members (excludes halogenated alkanes) is 14. The van der Waals surface area contributed by atoms with Gasteiger partial charge in [0.25, 0.3) is 5.79 Å². The number of thiocarbonyl (C=S) groups is 1. The zero-order chi connectivity index (χ0) is 26.1. The second-order valence-electron chi connectivity index (χ2n) is 9.31. The minimum atomic E-state index is -1.23. The van der Waals surface area contributed by atoms with E-state index >= 15 is 0 Å². The van der Waals surface area contributed by atoms with Gasteiger partial charge in [0.1, 0.15) is 0 Å². The van der Waals surface area contributed by atoms with Crippen molar-refractivity contribution in [3.63, 3.8) is 0 Å². The average molecular weight is 521 g/mol. The first-order valence-corrected chi connectivity index (χ1v) is 15.0. The standard InChI is InChI=1S/C25H52O4Si.C2H4OS/c1-5-7-9-10-11-12-13-14-15-16-17-18-20-22-23(21-19-8-6-2)25(27-3,28-4)24(26)29-30;1-2(3)4/h23H,5-22H2,1-4,30H3;1H3,(H,3,4). The lowest BCUT2D eigenvalue weighted by Gasteiger charge is -2.36. The molecule has 5 nitrogen and oxygen atoms in total. The van der Waals surface area contributed by atoms with Crippen LogP contribution in [-0.2, 0) is 18.7 Å². The third-order valence-corrected chi connectivity index (χ3v) is 6.80. The van der Waals surface area contributed by atoms with Gasteiger partial charge in [-0.3, -0.25) is 0 Å². The Hall–Kier alpha value is -0.503. The molecule has 0 saturated carbocycles. The second kappa shape index (κ2) is 25.6. The Bertz CT molecular complexity index is 468. The van der Waals surface area contributed by atoms with Crippen molar-refractivity contribution in [2.24, 2.45) is 5.92 Å². The minimum absolute atomic E-state index is 0.000000000000000222. The first-order chi connectivity index (χ1) is 16.4. The Morgan fingerprint density at radius 2 is 1.06 bits per heavy atom. The van der Waals surface area contributed by atoms with Crippen molar-refractivity contribution in [2.45, 2.75) is 142 Å². The Morgan fingerprint density at radius 1 is 0.765 bits per heavy atom. The summed E-state index contributed by atoms with van der Waals surface area (Å²) >= 11 is 4.09. The van der Waals surface area contributed by atoms with Gasteiger partial charge in [-0.05, 0) is 25.1 Å². The maximum Gasteiger partial charge on any atom is 0.353 e. The molecule has 0 aliphatic carbocycles. The zero-order valence-electron chi connectivity index (χ0n) is 23.3. The number of rotatable bonds is 22. The molecule has 0 saturated heterocycles. The third kappa shape index (κ3) is 18.8. The maximum absolute atomic E-state index is 12.5. The van der Waals surface area contributed by atoms with Crippen LogP contribution in [0.25, 0.3) is 0 Å². The molecule has 204 valence electrons. The van der Waals surface area contributed by atoms with Gasteiger partial charge in [0, 0.05) is 27.1 Å². The molecule has 0 rings (SSSR count). The molecule has 1 atom stereocenters. The van der Waals surface area contributed by atoms with Gasteiger partial charge in [-0.1, -0.05) is 117 Å². The van der Waals surface area contributed by atoms with Crippen LogP contribution in [0.5, 0.6) is 0 Å². The lowest BCUT2D eigenvalue weighted by molar-refractivity contribution is -0.246. The Balaban J connectivity index is 0. The van der Waals surface area contributed by atoms with E-state index in [1.807, 2.05) is 0 Å². The van der Waals surface area contributed by atoms with Gasteiger partial charge in [-0.2, -0.15) is 0 Å². The molecule has 0 bridgehead atoms. The quantitative estimate of drug-likeness (QED) is 0.0696. The molecule has 0 radical (unpaired) electrons. The highest BCUT2D eigenvalue weighted by Gasteiger charge is 2.47. The molecule has 0 heterocycles. The number of hydrogen-bond acceptors (Lipinski definition) is 5. The summed E-state index contributed by atoms with van der Waals surface area (Å²) in [5.74, 6) is -1.52. The summed E-state index contributed by atoms with van der Waals surface area (Å²) in [5, 5.41) is 7.79. The molecule has 1 unspecified atom stereocenters. The number of ether oxygens (including phenoxy) is 2. The molecule has 0 aromatic rings. The maximum atomic E-state index is 12.5. The zero-order valence-corrected chi connectivity index (χ0v) is 26.1. The van der Waals surface area contributed by atoms with E-state index in [9.17, 15) is 4.79 Å². The summed E-state index contributed by atoms with van der Waals surface area (Å²) in [6, 6.07) is 0. The van der Waals surface area contributed by atoms with E-state index in [2.05, 4.69) is 26.1 Å². The van der Waals surface area contributed by atoms with Crippen LogP contribution in [0.3, 0.4) is 0 Å². The first kappa shape index (κ1) is 35.7. The van der Waals surface area contributed by atoms with Crippen molar-refractivity contribution < 1.29 is 23.8 Å². The fourth-order valence-corrected chi connectivity index (χ4v) is 4.75. The van der Waals surface area contributed by atoms with Crippen molar-refractivity contribution in [3.05, 3.63) is 0 Å². The number of methoxy groups -OCH3 is 2. The van der Waals surface area contributed by atoms with Crippen LogP contribution < -0.4 is 0 Å². The monoisotopic (exact) mass is 520 g/mol.